The maximum atomic E-state index is 12.0. The van der Waals surface area contributed by atoms with Crippen molar-refractivity contribution in [3.05, 3.63) is 35.4 Å². The van der Waals surface area contributed by atoms with Crippen LogP contribution in [0.4, 0.5) is 0 Å². The first-order chi connectivity index (χ1) is 10.6. The Hall–Kier alpha value is -2.50. The summed E-state index contributed by atoms with van der Waals surface area (Å²) < 4.78 is 9.58. The maximum Gasteiger partial charge on any atom is 0.321 e. The van der Waals surface area contributed by atoms with E-state index >= 15 is 0 Å². The third-order valence-electron chi connectivity index (χ3n) is 4.76. The number of ketones is 1. The number of hydrogen-bond donors (Lipinski definition) is 0. The molecule has 1 aliphatic carbocycles. The molecule has 22 heavy (non-hydrogen) atoms. The molecule has 1 aromatic carbocycles. The molecule has 2 heterocycles. The molecule has 0 aromatic heterocycles. The number of hydrogen-bond acceptors (Lipinski definition) is 6. The van der Waals surface area contributed by atoms with Crippen LogP contribution in [-0.2, 0) is 28.7 Å². The van der Waals surface area contributed by atoms with Crippen LogP contribution in [0.15, 0.2) is 24.3 Å². The third-order valence-corrected chi connectivity index (χ3v) is 4.76. The summed E-state index contributed by atoms with van der Waals surface area (Å²) in [6.07, 6.45) is 0.248. The Labute approximate surface area is 125 Å². The van der Waals surface area contributed by atoms with Gasteiger partial charge in [-0.25, -0.2) is 0 Å². The molecule has 0 spiro atoms. The average Bonchev–Trinajstić information content (AvgIpc) is 2.98. The fraction of sp³-hybridized carbons (Fsp3) is 0.375. The number of carbonyl (C=O) groups is 4. The van der Waals surface area contributed by atoms with Crippen molar-refractivity contribution < 1.29 is 28.7 Å². The molecular weight excluding hydrogens is 288 g/mol. The van der Waals surface area contributed by atoms with Gasteiger partial charge in [0.15, 0.2) is 12.4 Å². The Bertz CT molecular complexity index is 705. The van der Waals surface area contributed by atoms with Crippen LogP contribution in [0.5, 0.6) is 0 Å². The molecule has 0 saturated carbocycles. The first kappa shape index (κ1) is 13.2. The number of esters is 3. The predicted octanol–water partition coefficient (Wildman–Crippen LogP) is 0.699. The summed E-state index contributed by atoms with van der Waals surface area (Å²) in [6, 6.07) is 7.11. The Morgan fingerprint density at radius 1 is 0.818 bits per heavy atom. The van der Waals surface area contributed by atoms with Crippen LogP contribution < -0.4 is 0 Å². The van der Waals surface area contributed by atoms with Crippen LogP contribution in [0.2, 0.25) is 0 Å². The topological polar surface area (TPSA) is 86.7 Å². The largest absolute Gasteiger partial charge is 0.457 e. The predicted molar refractivity (Wildman–Crippen MR) is 70.6 cm³/mol. The third kappa shape index (κ3) is 1.66. The van der Waals surface area contributed by atoms with Crippen LogP contribution in [0.1, 0.15) is 29.4 Å². The number of ether oxygens (including phenoxy) is 2. The molecule has 2 aliphatic heterocycles. The molecule has 4 unspecified atom stereocenters. The minimum atomic E-state index is -0.898. The maximum absolute atomic E-state index is 12.0. The highest BCUT2D eigenvalue weighted by molar-refractivity contribution is 6.06. The lowest BCUT2D eigenvalue weighted by atomic mass is 9.67. The van der Waals surface area contributed by atoms with Gasteiger partial charge < -0.3 is 9.47 Å². The minimum absolute atomic E-state index is 0.223. The Morgan fingerprint density at radius 3 is 2.23 bits per heavy atom. The lowest BCUT2D eigenvalue weighted by molar-refractivity contribution is -0.153. The van der Waals surface area contributed by atoms with E-state index in [1.54, 1.807) is 24.3 Å². The minimum Gasteiger partial charge on any atom is -0.457 e. The molecule has 0 radical (unpaired) electrons. The summed E-state index contributed by atoms with van der Waals surface area (Å²) in [7, 11) is 0. The van der Waals surface area contributed by atoms with E-state index in [1.807, 2.05) is 0 Å². The van der Waals surface area contributed by atoms with Crippen LogP contribution in [0.3, 0.4) is 0 Å². The highest BCUT2D eigenvalue weighted by Crippen LogP contribution is 2.50. The first-order valence-electron chi connectivity index (χ1n) is 7.11. The van der Waals surface area contributed by atoms with E-state index in [9.17, 15) is 19.2 Å². The van der Waals surface area contributed by atoms with Gasteiger partial charge >= 0.3 is 17.9 Å². The van der Waals surface area contributed by atoms with E-state index < -0.39 is 41.6 Å². The molecule has 0 N–H and O–H groups in total. The molecule has 4 rings (SSSR count). The number of carbonyl (C=O) groups excluding carboxylic acids is 4. The summed E-state index contributed by atoms with van der Waals surface area (Å²) >= 11 is 0. The van der Waals surface area contributed by atoms with Gasteiger partial charge in [-0.3, -0.25) is 19.2 Å². The zero-order valence-electron chi connectivity index (χ0n) is 11.5. The first-order valence-corrected chi connectivity index (χ1v) is 7.11. The van der Waals surface area contributed by atoms with E-state index in [0.29, 0.717) is 5.56 Å². The molecule has 6 nitrogen and oxygen atoms in total. The van der Waals surface area contributed by atoms with Crippen LogP contribution in [-0.4, -0.2) is 30.3 Å². The van der Waals surface area contributed by atoms with Crippen molar-refractivity contribution in [1.29, 1.82) is 0 Å². The zero-order valence-corrected chi connectivity index (χ0v) is 11.5. The number of benzene rings is 1. The monoisotopic (exact) mass is 300 g/mol. The Kier molecular flexibility index (Phi) is 2.69. The lowest BCUT2D eigenvalue weighted by Gasteiger charge is -2.32. The second kappa shape index (κ2) is 4.50. The number of cyclic esters (lactones) is 3. The van der Waals surface area contributed by atoms with Gasteiger partial charge in [-0.2, -0.15) is 0 Å². The molecule has 6 heteroatoms. The lowest BCUT2D eigenvalue weighted by Crippen LogP contribution is -2.33. The van der Waals surface area contributed by atoms with Gasteiger partial charge in [0, 0.05) is 5.92 Å². The Balaban J connectivity index is 1.84. The van der Waals surface area contributed by atoms with E-state index in [4.69, 9.17) is 9.47 Å². The number of Topliss-reactive ketones (excluding diaryl/α,β-unsaturated/α-hetero) is 1. The smallest absolute Gasteiger partial charge is 0.321 e. The van der Waals surface area contributed by atoms with Crippen molar-refractivity contribution in [1.82, 2.24) is 0 Å². The van der Waals surface area contributed by atoms with Crippen LogP contribution in [0.25, 0.3) is 0 Å². The zero-order chi connectivity index (χ0) is 15.4. The van der Waals surface area contributed by atoms with Crippen molar-refractivity contribution in [3.63, 3.8) is 0 Å². The molecule has 1 aromatic rings. The summed E-state index contributed by atoms with van der Waals surface area (Å²) in [5.74, 6) is -4.57. The molecule has 112 valence electrons. The molecule has 0 bridgehead atoms. The van der Waals surface area contributed by atoms with Crippen molar-refractivity contribution in [2.45, 2.75) is 18.3 Å². The SMILES string of the molecule is O=C1OC(=O)C2c3ccccc3C(C3C(=O)COC3=O)CC12. The van der Waals surface area contributed by atoms with Gasteiger partial charge in [0.05, 0.1) is 11.8 Å². The van der Waals surface area contributed by atoms with Crippen LogP contribution in [0, 0.1) is 11.8 Å². The highest BCUT2D eigenvalue weighted by Gasteiger charge is 2.54. The summed E-state index contributed by atoms with van der Waals surface area (Å²) in [5, 5.41) is 0. The van der Waals surface area contributed by atoms with Gasteiger partial charge in [0.25, 0.3) is 0 Å². The molecule has 0 amide bonds. The molecular formula is C16H12O6. The highest BCUT2D eigenvalue weighted by atomic mass is 16.6. The number of rotatable bonds is 1. The molecule has 2 saturated heterocycles. The summed E-state index contributed by atoms with van der Waals surface area (Å²) in [4.78, 5) is 47.8. The van der Waals surface area contributed by atoms with Gasteiger partial charge in [-0.05, 0) is 17.5 Å². The standard InChI is InChI=1S/C16H12O6/c17-11-6-21-15(19)13(11)9-5-10-12(16(20)22-14(10)18)8-4-2-1-3-7(8)9/h1-4,9-10,12-13H,5-6H2. The van der Waals surface area contributed by atoms with Crippen molar-refractivity contribution in [3.8, 4) is 0 Å². The quantitative estimate of drug-likeness (QED) is 0.560. The van der Waals surface area contributed by atoms with Gasteiger partial charge in [-0.1, -0.05) is 24.3 Å². The fourth-order valence-electron chi connectivity index (χ4n) is 3.80. The summed E-state index contributed by atoms with van der Waals surface area (Å²) in [5.41, 5.74) is 1.43. The molecule has 4 atom stereocenters. The average molecular weight is 300 g/mol. The normalized spacial score (nSPS) is 33.3. The second-order valence-electron chi connectivity index (χ2n) is 5.85. The second-order valence-corrected chi connectivity index (χ2v) is 5.85. The van der Waals surface area contributed by atoms with Crippen molar-refractivity contribution >= 4 is 23.7 Å². The Morgan fingerprint density at radius 2 is 1.55 bits per heavy atom. The van der Waals surface area contributed by atoms with Crippen molar-refractivity contribution in [2.75, 3.05) is 6.61 Å². The van der Waals surface area contributed by atoms with E-state index in [0.717, 1.165) is 5.56 Å². The van der Waals surface area contributed by atoms with Crippen LogP contribution >= 0.6 is 0 Å². The van der Waals surface area contributed by atoms with Gasteiger partial charge in [0.1, 0.15) is 5.92 Å². The fourth-order valence-corrected chi connectivity index (χ4v) is 3.80. The van der Waals surface area contributed by atoms with Gasteiger partial charge in [-0.15, -0.1) is 0 Å². The number of fused-ring (bicyclic) bond motifs is 3. The van der Waals surface area contributed by atoms with Gasteiger partial charge in [0.2, 0.25) is 0 Å². The van der Waals surface area contributed by atoms with E-state index in [2.05, 4.69) is 0 Å². The molecule has 3 aliphatic rings. The van der Waals surface area contributed by atoms with E-state index in [-0.39, 0.29) is 18.8 Å². The van der Waals surface area contributed by atoms with Crippen molar-refractivity contribution in [2.24, 2.45) is 11.8 Å². The molecule has 2 fully saturated rings. The van der Waals surface area contributed by atoms with E-state index in [1.165, 1.54) is 0 Å². The summed E-state index contributed by atoms with van der Waals surface area (Å²) in [6.45, 7) is -0.223.